The standard InChI is InChI=1S/C55H88O5/c1-4-7-10-13-16-19-22-25-27-28-29-31-33-36-39-42-45-48-54(56)59-52-53(51-58-50-47-44-41-38-35-32-26-23-20-17-14-11-8-5-2)60-55(57)49-46-43-40-37-34-30-24-21-18-15-12-9-6-3/h7-8,10-11,16-17,19-21,24-27,29,31-32,36,38-39,41,53H,4-6,9,12-15,18,22-23,28,30,33-35,37,40,42-52H2,1-3H3/b10-7-,11-8-,19-16-,20-17-,24-21-,27-25-,31-29-,32-26-,39-36-,41-38-. The van der Waals surface area contributed by atoms with Gasteiger partial charge in [-0.2, -0.15) is 0 Å². The van der Waals surface area contributed by atoms with Gasteiger partial charge in [-0.25, -0.2) is 0 Å². The van der Waals surface area contributed by atoms with Crippen LogP contribution in [0.5, 0.6) is 0 Å². The summed E-state index contributed by atoms with van der Waals surface area (Å²) in [5.41, 5.74) is 0. The molecule has 0 bridgehead atoms. The normalized spacial score (nSPS) is 13.3. The molecule has 0 heterocycles. The highest BCUT2D eigenvalue weighted by Crippen LogP contribution is 2.11. The van der Waals surface area contributed by atoms with Crippen molar-refractivity contribution >= 4 is 11.9 Å². The fourth-order valence-electron chi connectivity index (χ4n) is 5.95. The van der Waals surface area contributed by atoms with Crippen LogP contribution >= 0.6 is 0 Å². The van der Waals surface area contributed by atoms with Crippen molar-refractivity contribution in [3.8, 4) is 0 Å². The van der Waals surface area contributed by atoms with Crippen molar-refractivity contribution < 1.29 is 23.8 Å². The number of hydrogen-bond donors (Lipinski definition) is 0. The third-order valence-corrected chi connectivity index (χ3v) is 9.46. The summed E-state index contributed by atoms with van der Waals surface area (Å²) in [4.78, 5) is 25.3. The van der Waals surface area contributed by atoms with Crippen molar-refractivity contribution in [2.24, 2.45) is 0 Å². The first-order valence-corrected chi connectivity index (χ1v) is 24.1. The van der Waals surface area contributed by atoms with Crippen LogP contribution < -0.4 is 0 Å². The molecular formula is C55H88O5. The Balaban J connectivity index is 4.48. The Bertz CT molecular complexity index is 1260. The van der Waals surface area contributed by atoms with Crippen LogP contribution in [-0.4, -0.2) is 37.9 Å². The Morgan fingerprint density at radius 3 is 1.27 bits per heavy atom. The second-order valence-corrected chi connectivity index (χ2v) is 15.2. The van der Waals surface area contributed by atoms with Crippen LogP contribution in [0.3, 0.4) is 0 Å². The highest BCUT2D eigenvalue weighted by atomic mass is 16.6. The molecular weight excluding hydrogens is 741 g/mol. The lowest BCUT2D eigenvalue weighted by molar-refractivity contribution is -0.162. The minimum absolute atomic E-state index is 0.0230. The lowest BCUT2D eigenvalue weighted by Crippen LogP contribution is -2.30. The molecule has 0 aromatic rings. The summed E-state index contributed by atoms with van der Waals surface area (Å²) in [6, 6.07) is 0. The maximum Gasteiger partial charge on any atom is 0.306 e. The van der Waals surface area contributed by atoms with Crippen LogP contribution in [0.4, 0.5) is 0 Å². The SMILES string of the molecule is CC/C=C\C/C=C\C/C=C\C/C=C\C/C=C\CCCC(=O)OCC(COCCC/C=C\C/C=C\C/C=C\C/C=C\CC)OC(=O)CCCCCCC/C=C\CCCCCC. The summed E-state index contributed by atoms with van der Waals surface area (Å²) in [6.07, 6.45) is 69.3. The number of esters is 2. The molecule has 0 saturated heterocycles. The molecule has 1 atom stereocenters. The van der Waals surface area contributed by atoms with E-state index >= 15 is 0 Å². The molecule has 1 unspecified atom stereocenters. The van der Waals surface area contributed by atoms with E-state index in [1.165, 1.54) is 44.9 Å². The van der Waals surface area contributed by atoms with Gasteiger partial charge in [0.15, 0.2) is 6.10 Å². The Kier molecular flexibility index (Phi) is 46.6. The fourth-order valence-corrected chi connectivity index (χ4v) is 5.95. The highest BCUT2D eigenvalue weighted by Gasteiger charge is 2.17. The van der Waals surface area contributed by atoms with Gasteiger partial charge in [0.25, 0.3) is 0 Å². The van der Waals surface area contributed by atoms with Crippen molar-refractivity contribution in [1.82, 2.24) is 0 Å². The first kappa shape index (κ1) is 56.3. The number of hydrogen-bond acceptors (Lipinski definition) is 5. The van der Waals surface area contributed by atoms with E-state index in [2.05, 4.69) is 142 Å². The van der Waals surface area contributed by atoms with Crippen molar-refractivity contribution in [3.63, 3.8) is 0 Å². The average molecular weight is 829 g/mol. The quantitative estimate of drug-likeness (QED) is 0.0348. The van der Waals surface area contributed by atoms with Gasteiger partial charge in [-0.05, 0) is 116 Å². The first-order chi connectivity index (χ1) is 29.6. The van der Waals surface area contributed by atoms with E-state index in [1.807, 2.05) is 0 Å². The zero-order chi connectivity index (χ0) is 43.5. The van der Waals surface area contributed by atoms with Gasteiger partial charge in [-0.3, -0.25) is 9.59 Å². The zero-order valence-corrected chi connectivity index (χ0v) is 38.7. The molecule has 0 saturated carbocycles. The average Bonchev–Trinajstić information content (AvgIpc) is 3.25. The Hall–Kier alpha value is -3.70. The maximum absolute atomic E-state index is 12.7. The first-order valence-electron chi connectivity index (χ1n) is 24.1. The van der Waals surface area contributed by atoms with Gasteiger partial charge < -0.3 is 14.2 Å². The van der Waals surface area contributed by atoms with E-state index in [0.717, 1.165) is 109 Å². The van der Waals surface area contributed by atoms with Crippen LogP contribution in [-0.2, 0) is 23.8 Å². The highest BCUT2D eigenvalue weighted by molar-refractivity contribution is 5.70. The van der Waals surface area contributed by atoms with Gasteiger partial charge in [0.1, 0.15) is 6.61 Å². The number of ether oxygens (including phenoxy) is 3. The third-order valence-electron chi connectivity index (χ3n) is 9.46. The van der Waals surface area contributed by atoms with E-state index in [0.29, 0.717) is 19.4 Å². The molecule has 60 heavy (non-hydrogen) atoms. The molecule has 0 aliphatic rings. The lowest BCUT2D eigenvalue weighted by atomic mass is 10.1. The van der Waals surface area contributed by atoms with Gasteiger partial charge in [0.05, 0.1) is 6.61 Å². The van der Waals surface area contributed by atoms with E-state index in [1.54, 1.807) is 0 Å². The van der Waals surface area contributed by atoms with Crippen molar-refractivity contribution in [2.45, 2.75) is 194 Å². The minimum atomic E-state index is -0.599. The second-order valence-electron chi connectivity index (χ2n) is 15.2. The smallest absolute Gasteiger partial charge is 0.306 e. The van der Waals surface area contributed by atoms with Gasteiger partial charge in [0, 0.05) is 19.4 Å². The van der Waals surface area contributed by atoms with Gasteiger partial charge in [0.2, 0.25) is 0 Å². The summed E-state index contributed by atoms with van der Waals surface area (Å²) < 4.78 is 17.2. The maximum atomic E-state index is 12.7. The molecule has 5 nitrogen and oxygen atoms in total. The molecule has 0 rings (SSSR count). The van der Waals surface area contributed by atoms with Crippen LogP contribution in [0.2, 0.25) is 0 Å². The fraction of sp³-hybridized carbons (Fsp3) is 0.600. The zero-order valence-electron chi connectivity index (χ0n) is 38.7. The summed E-state index contributed by atoms with van der Waals surface area (Å²) >= 11 is 0. The predicted molar refractivity (Wildman–Crippen MR) is 260 cm³/mol. The molecule has 0 spiro atoms. The third kappa shape index (κ3) is 47.0. The Morgan fingerprint density at radius 2 is 0.767 bits per heavy atom. The molecule has 0 amide bonds. The van der Waals surface area contributed by atoms with E-state index in [4.69, 9.17) is 14.2 Å². The largest absolute Gasteiger partial charge is 0.462 e. The molecule has 0 radical (unpaired) electrons. The van der Waals surface area contributed by atoms with Crippen LogP contribution in [0.15, 0.2) is 122 Å². The van der Waals surface area contributed by atoms with Gasteiger partial charge in [-0.1, -0.05) is 181 Å². The summed E-state index contributed by atoms with van der Waals surface area (Å²) in [5.74, 6) is -0.516. The molecule has 0 aromatic carbocycles. The van der Waals surface area contributed by atoms with Crippen LogP contribution in [0.25, 0.3) is 0 Å². The molecule has 338 valence electrons. The predicted octanol–water partition coefficient (Wildman–Crippen LogP) is 16.2. The monoisotopic (exact) mass is 829 g/mol. The Labute approximate surface area is 369 Å². The lowest BCUT2D eigenvalue weighted by Gasteiger charge is -2.18. The molecule has 0 aliphatic heterocycles. The Morgan fingerprint density at radius 1 is 0.383 bits per heavy atom. The molecule has 0 N–H and O–H groups in total. The molecule has 0 aliphatic carbocycles. The summed E-state index contributed by atoms with van der Waals surface area (Å²) in [6.45, 7) is 7.35. The number of rotatable bonds is 42. The van der Waals surface area contributed by atoms with Crippen LogP contribution in [0, 0.1) is 0 Å². The van der Waals surface area contributed by atoms with E-state index < -0.39 is 6.10 Å². The van der Waals surface area contributed by atoms with Crippen LogP contribution in [0.1, 0.15) is 188 Å². The number of carbonyl (C=O) groups excluding carboxylic acids is 2. The summed E-state index contributed by atoms with van der Waals surface area (Å²) in [7, 11) is 0. The van der Waals surface area contributed by atoms with Crippen molar-refractivity contribution in [3.05, 3.63) is 122 Å². The van der Waals surface area contributed by atoms with Gasteiger partial charge in [-0.15, -0.1) is 0 Å². The number of allylic oxidation sites excluding steroid dienone is 20. The van der Waals surface area contributed by atoms with E-state index in [9.17, 15) is 9.59 Å². The molecule has 5 heteroatoms. The topological polar surface area (TPSA) is 61.8 Å². The molecule has 0 fully saturated rings. The number of carbonyl (C=O) groups is 2. The summed E-state index contributed by atoms with van der Waals surface area (Å²) in [5, 5.41) is 0. The van der Waals surface area contributed by atoms with Crippen molar-refractivity contribution in [2.75, 3.05) is 19.8 Å². The number of unbranched alkanes of at least 4 members (excludes halogenated alkanes) is 11. The minimum Gasteiger partial charge on any atom is -0.462 e. The van der Waals surface area contributed by atoms with E-state index in [-0.39, 0.29) is 25.2 Å². The molecule has 0 aromatic heterocycles. The second kappa shape index (κ2) is 49.7. The van der Waals surface area contributed by atoms with Crippen molar-refractivity contribution in [1.29, 1.82) is 0 Å². The van der Waals surface area contributed by atoms with Gasteiger partial charge >= 0.3 is 11.9 Å².